The van der Waals surface area contributed by atoms with Gasteiger partial charge in [0.15, 0.2) is 0 Å². The molecule has 2 aliphatic rings. The third-order valence-electron chi connectivity index (χ3n) is 14.0. The predicted molar refractivity (Wildman–Crippen MR) is 285 cm³/mol. The molecular formula is C60H60BN3S. The monoisotopic (exact) mass is 868 g/mol. The van der Waals surface area contributed by atoms with E-state index in [1.165, 1.54) is 42.4 Å². The highest BCUT2D eigenvalue weighted by Crippen LogP contribution is 2.51. The van der Waals surface area contributed by atoms with E-state index in [2.05, 4.69) is 225 Å². The summed E-state index contributed by atoms with van der Waals surface area (Å²) in [6, 6.07) is 47.0. The Kier molecular flexibility index (Phi) is 8.38. The van der Waals surface area contributed by atoms with E-state index in [0.29, 0.717) is 11.4 Å². The van der Waals surface area contributed by atoms with E-state index in [1.807, 2.05) is 11.3 Å². The maximum atomic E-state index is 10.2. The molecule has 11 rings (SSSR count). The molecule has 4 heterocycles. The van der Waals surface area contributed by atoms with Crippen LogP contribution >= 0.6 is 11.3 Å². The molecule has 0 unspecified atom stereocenters. The van der Waals surface area contributed by atoms with Crippen molar-refractivity contribution in [1.29, 1.82) is 0 Å². The highest BCUT2D eigenvalue weighted by molar-refractivity contribution is 7.26. The first-order valence-corrected chi connectivity index (χ1v) is 24.0. The zero-order valence-corrected chi connectivity index (χ0v) is 40.8. The van der Waals surface area contributed by atoms with Crippen molar-refractivity contribution in [3.8, 4) is 5.69 Å². The van der Waals surface area contributed by atoms with Gasteiger partial charge in [0.2, 0.25) is 0 Å². The van der Waals surface area contributed by atoms with Crippen molar-refractivity contribution >= 4 is 99.8 Å². The number of hydrogen-bond donors (Lipinski definition) is 0. The SMILES string of the molecule is [2H]c1c([2H])c2c3c(c1[2H])N(c1ccc(C(C)(C)C)cc1)c1c(n(-c4ccc(C(C)(C)C)cc4)c4ccc5c6ccccc6sc5c14)B3c1cc(C(C)(C)C)ccc1N2c1ccc(C(C)(C)C)cc1. The van der Waals surface area contributed by atoms with Crippen LogP contribution < -0.4 is 26.3 Å². The molecule has 7 aromatic carbocycles. The van der Waals surface area contributed by atoms with Crippen LogP contribution in [-0.4, -0.2) is 11.3 Å². The smallest absolute Gasteiger partial charge is 0.273 e. The quantitative estimate of drug-likeness (QED) is 0.164. The summed E-state index contributed by atoms with van der Waals surface area (Å²) < 4.78 is 35.0. The molecule has 2 aliphatic heterocycles. The first-order chi connectivity index (χ1) is 32.0. The average molecular weight is 869 g/mol. The molecule has 0 radical (unpaired) electrons. The molecule has 0 saturated carbocycles. The second kappa shape index (κ2) is 14.2. The number of anilines is 6. The molecule has 0 bridgehead atoms. The Bertz CT molecular complexity index is 3520. The fourth-order valence-corrected chi connectivity index (χ4v) is 11.6. The Morgan fingerprint density at radius 2 is 1.00 bits per heavy atom. The van der Waals surface area contributed by atoms with Crippen LogP contribution in [0.3, 0.4) is 0 Å². The van der Waals surface area contributed by atoms with Crippen LogP contribution in [0.15, 0.2) is 146 Å². The minimum atomic E-state index is -0.407. The van der Waals surface area contributed by atoms with E-state index in [1.54, 1.807) is 0 Å². The van der Waals surface area contributed by atoms with E-state index >= 15 is 0 Å². The van der Waals surface area contributed by atoms with Crippen molar-refractivity contribution in [2.45, 2.75) is 105 Å². The van der Waals surface area contributed by atoms with Crippen LogP contribution in [0.1, 0.15) is 109 Å². The lowest BCUT2D eigenvalue weighted by molar-refractivity contribution is 0.590. The van der Waals surface area contributed by atoms with Crippen LogP contribution in [-0.2, 0) is 21.7 Å². The minimum absolute atomic E-state index is 0.0347. The normalized spacial score (nSPS) is 14.7. The van der Waals surface area contributed by atoms with Gasteiger partial charge in [0.25, 0.3) is 6.71 Å². The van der Waals surface area contributed by atoms with Crippen LogP contribution in [0.2, 0.25) is 0 Å². The molecule has 65 heavy (non-hydrogen) atoms. The lowest BCUT2D eigenvalue weighted by Crippen LogP contribution is -2.63. The van der Waals surface area contributed by atoms with Crippen molar-refractivity contribution in [2.75, 3.05) is 9.80 Å². The fourth-order valence-electron chi connectivity index (χ4n) is 10.3. The van der Waals surface area contributed by atoms with E-state index < -0.39 is 6.71 Å². The summed E-state index contributed by atoms with van der Waals surface area (Å²) >= 11 is 1.83. The Hall–Kier alpha value is -6.04. The molecule has 0 amide bonds. The van der Waals surface area contributed by atoms with Crippen LogP contribution in [0.25, 0.3) is 36.8 Å². The molecule has 324 valence electrons. The van der Waals surface area contributed by atoms with Gasteiger partial charge >= 0.3 is 0 Å². The molecule has 0 N–H and O–H groups in total. The number of fused-ring (bicyclic) bond motifs is 10. The van der Waals surface area contributed by atoms with Gasteiger partial charge in [0.1, 0.15) is 0 Å². The van der Waals surface area contributed by atoms with Crippen LogP contribution in [0.4, 0.5) is 34.1 Å². The van der Waals surface area contributed by atoms with Crippen LogP contribution in [0, 0.1) is 0 Å². The van der Waals surface area contributed by atoms with E-state index in [0.717, 1.165) is 55.9 Å². The summed E-state index contributed by atoms with van der Waals surface area (Å²) in [5, 5.41) is 3.55. The second-order valence-electron chi connectivity index (χ2n) is 22.5. The fraction of sp³-hybridized carbons (Fsp3) is 0.267. The minimum Gasteiger partial charge on any atom is -0.319 e. The molecule has 5 heteroatoms. The summed E-state index contributed by atoms with van der Waals surface area (Å²) in [6.45, 7) is 26.6. The Morgan fingerprint density at radius 1 is 0.492 bits per heavy atom. The first kappa shape index (κ1) is 38.3. The zero-order chi connectivity index (χ0) is 48.1. The average Bonchev–Trinajstić information content (AvgIpc) is 3.84. The number of rotatable bonds is 3. The molecule has 0 fully saturated rings. The van der Waals surface area contributed by atoms with Crippen LogP contribution in [0.5, 0.6) is 0 Å². The Balaban J connectivity index is 1.36. The largest absolute Gasteiger partial charge is 0.319 e. The third kappa shape index (κ3) is 6.51. The van der Waals surface area contributed by atoms with Gasteiger partial charge in [0.05, 0.1) is 15.3 Å². The maximum Gasteiger partial charge on any atom is 0.273 e. The van der Waals surface area contributed by atoms with Crippen molar-refractivity contribution < 1.29 is 4.11 Å². The molecule has 2 aromatic heterocycles. The Labute approximate surface area is 394 Å². The number of nitrogens with zero attached hydrogens (tertiary/aromatic N) is 3. The van der Waals surface area contributed by atoms with E-state index in [4.69, 9.17) is 0 Å². The number of benzene rings is 7. The van der Waals surface area contributed by atoms with Gasteiger partial charge in [-0.15, -0.1) is 11.3 Å². The predicted octanol–water partition coefficient (Wildman–Crippen LogP) is 15.3. The molecule has 0 saturated heterocycles. The van der Waals surface area contributed by atoms with Gasteiger partial charge in [-0.25, -0.2) is 0 Å². The van der Waals surface area contributed by atoms with E-state index in [-0.39, 0.29) is 39.8 Å². The summed E-state index contributed by atoms with van der Waals surface area (Å²) in [5.74, 6) is 0. The van der Waals surface area contributed by atoms with Gasteiger partial charge in [-0.05, 0) is 122 Å². The van der Waals surface area contributed by atoms with Crippen molar-refractivity contribution in [2.24, 2.45) is 0 Å². The molecule has 0 aliphatic carbocycles. The Morgan fingerprint density at radius 3 is 1.57 bits per heavy atom. The molecule has 3 nitrogen and oxygen atoms in total. The number of thiophene rings is 1. The number of aromatic nitrogens is 1. The third-order valence-corrected chi connectivity index (χ3v) is 15.2. The van der Waals surface area contributed by atoms with Crippen molar-refractivity contribution in [1.82, 2.24) is 4.57 Å². The standard InChI is InChI=1S/C60H60BN3S/c1-57(2,3)37-20-27-41(28-21-37)62-47-34-26-40(60(10,11)12)36-46(47)61-53-49(62)17-15-18-50(53)63(42-29-22-38(23-30-42)58(4,5)6)54-52-48(35-33-45-44-16-13-14-19-51(44)65-55(45)52)64(56(54)61)43-31-24-39(25-32-43)59(7,8)9/h13-36H,1-12H3/i15D,17D,18D. The topological polar surface area (TPSA) is 11.4 Å². The zero-order valence-electron chi connectivity index (χ0n) is 43.0. The van der Waals surface area contributed by atoms with E-state index in [9.17, 15) is 4.11 Å². The van der Waals surface area contributed by atoms with Gasteiger partial charge in [0, 0.05) is 65.3 Å². The highest BCUT2D eigenvalue weighted by Gasteiger charge is 2.47. The molecule has 0 spiro atoms. The van der Waals surface area contributed by atoms with Crippen molar-refractivity contribution in [3.05, 3.63) is 168 Å². The molecule has 9 aromatic rings. The lowest BCUT2D eigenvalue weighted by atomic mass is 9.34. The van der Waals surface area contributed by atoms with Gasteiger partial charge in [-0.3, -0.25) is 0 Å². The summed E-state index contributed by atoms with van der Waals surface area (Å²) in [6.07, 6.45) is 0. The van der Waals surface area contributed by atoms with Gasteiger partial charge in [-0.1, -0.05) is 162 Å². The molecular weight excluding hydrogens is 806 g/mol. The second-order valence-corrected chi connectivity index (χ2v) is 23.6. The highest BCUT2D eigenvalue weighted by atomic mass is 32.1. The maximum absolute atomic E-state index is 10.2. The summed E-state index contributed by atoms with van der Waals surface area (Å²) in [7, 11) is 0. The molecule has 0 atom stereocenters. The summed E-state index contributed by atoms with van der Waals surface area (Å²) in [5.41, 5.74) is 15.0. The van der Waals surface area contributed by atoms with Gasteiger partial charge < -0.3 is 14.4 Å². The first-order valence-electron chi connectivity index (χ1n) is 24.7. The summed E-state index contributed by atoms with van der Waals surface area (Å²) in [4.78, 5) is 4.53. The van der Waals surface area contributed by atoms with Gasteiger partial charge in [-0.2, -0.15) is 0 Å². The lowest BCUT2D eigenvalue weighted by Gasteiger charge is -2.44. The number of hydrogen-bond acceptors (Lipinski definition) is 3. The van der Waals surface area contributed by atoms with Crippen molar-refractivity contribution in [3.63, 3.8) is 0 Å².